The molecule has 2 heterocycles. The van der Waals surface area contributed by atoms with E-state index in [2.05, 4.69) is 15.4 Å². The number of carbonyl (C=O) groups is 3. The highest BCUT2D eigenvalue weighted by molar-refractivity contribution is 6.00. The maximum Gasteiger partial charge on any atom is 0.290 e. The predicted octanol–water partition coefficient (Wildman–Crippen LogP) is 5.57. The fraction of sp³-hybridized carbons (Fsp3) is 0.233. The molecule has 234 valence electrons. The summed E-state index contributed by atoms with van der Waals surface area (Å²) in [6.07, 6.45) is -4.04. The molecule has 0 fully saturated rings. The number of nitrogens with two attached hydrogens (primary N) is 1. The summed E-state index contributed by atoms with van der Waals surface area (Å²) in [5.74, 6) is -9.59. The largest absolute Gasteiger partial charge is 0.366 e. The Hall–Kier alpha value is -5.08. The number of ketones is 1. The molecule has 1 unspecified atom stereocenters. The molecular weight excluding hydrogens is 611 g/mol. The maximum absolute atomic E-state index is 14.9. The van der Waals surface area contributed by atoms with Gasteiger partial charge in [0.2, 0.25) is 5.91 Å². The highest BCUT2D eigenvalue weighted by atomic mass is 19.3. The predicted molar refractivity (Wildman–Crippen MR) is 144 cm³/mol. The van der Waals surface area contributed by atoms with E-state index in [-0.39, 0.29) is 28.8 Å². The van der Waals surface area contributed by atoms with E-state index in [1.165, 1.54) is 24.4 Å². The fourth-order valence-corrected chi connectivity index (χ4v) is 5.29. The van der Waals surface area contributed by atoms with Crippen molar-refractivity contribution in [2.75, 3.05) is 0 Å². The van der Waals surface area contributed by atoms with Gasteiger partial charge >= 0.3 is 0 Å². The van der Waals surface area contributed by atoms with Gasteiger partial charge in [-0.3, -0.25) is 24.0 Å². The molecule has 8 nitrogen and oxygen atoms in total. The lowest BCUT2D eigenvalue weighted by Gasteiger charge is -2.24. The Morgan fingerprint density at radius 1 is 1.02 bits per heavy atom. The Kier molecular flexibility index (Phi) is 8.45. The van der Waals surface area contributed by atoms with Crippen molar-refractivity contribution in [2.24, 2.45) is 5.73 Å². The lowest BCUT2D eigenvalue weighted by molar-refractivity contribution is -0.123. The first kappa shape index (κ1) is 31.3. The minimum Gasteiger partial charge on any atom is -0.366 e. The van der Waals surface area contributed by atoms with Gasteiger partial charge in [-0.05, 0) is 47.9 Å². The number of halogens is 7. The van der Waals surface area contributed by atoms with Crippen molar-refractivity contribution in [1.82, 2.24) is 20.1 Å². The van der Waals surface area contributed by atoms with Crippen LogP contribution < -0.4 is 11.1 Å². The molecule has 3 N–H and O–H groups in total. The van der Waals surface area contributed by atoms with Gasteiger partial charge in [0.25, 0.3) is 18.3 Å². The quantitative estimate of drug-likeness (QED) is 0.234. The van der Waals surface area contributed by atoms with E-state index >= 15 is 0 Å². The molecule has 15 heteroatoms. The van der Waals surface area contributed by atoms with Crippen molar-refractivity contribution >= 4 is 17.6 Å². The first-order valence-electron chi connectivity index (χ1n) is 13.3. The number of nitrogens with zero attached hydrogens (tertiary/aromatic N) is 3. The number of amides is 2. The SMILES string of the molecule is NC(=O)c1cc(-c2cccnc2C(Cc2cc(F)cc(F)c2)NC(=O)Cn2nc(C(F)F)c3c2C(F)(F)CCC3=O)ccc1F. The van der Waals surface area contributed by atoms with Gasteiger partial charge in [0.15, 0.2) is 5.78 Å². The lowest BCUT2D eigenvalue weighted by Crippen LogP contribution is -2.36. The average Bonchev–Trinajstić information content (AvgIpc) is 3.36. The van der Waals surface area contributed by atoms with Gasteiger partial charge < -0.3 is 11.1 Å². The highest BCUT2D eigenvalue weighted by Gasteiger charge is 2.47. The Labute approximate surface area is 250 Å². The number of alkyl halides is 4. The molecule has 2 amide bonds. The monoisotopic (exact) mass is 633 g/mol. The Bertz CT molecular complexity index is 1810. The molecule has 45 heavy (non-hydrogen) atoms. The Morgan fingerprint density at radius 3 is 2.40 bits per heavy atom. The second kappa shape index (κ2) is 12.1. The molecule has 0 saturated heterocycles. The van der Waals surface area contributed by atoms with Crippen LogP contribution in [0.25, 0.3) is 11.1 Å². The number of pyridine rings is 1. The molecule has 0 spiro atoms. The topological polar surface area (TPSA) is 120 Å². The highest BCUT2D eigenvalue weighted by Crippen LogP contribution is 2.43. The van der Waals surface area contributed by atoms with Crippen LogP contribution in [0.5, 0.6) is 0 Å². The van der Waals surface area contributed by atoms with Gasteiger partial charge in [-0.1, -0.05) is 12.1 Å². The van der Waals surface area contributed by atoms with Crippen LogP contribution in [0.3, 0.4) is 0 Å². The van der Waals surface area contributed by atoms with E-state index in [9.17, 15) is 45.1 Å². The van der Waals surface area contributed by atoms with Gasteiger partial charge in [0, 0.05) is 30.7 Å². The van der Waals surface area contributed by atoms with E-state index in [4.69, 9.17) is 5.73 Å². The number of aromatic nitrogens is 3. The van der Waals surface area contributed by atoms with Gasteiger partial charge in [0.1, 0.15) is 35.4 Å². The number of hydrogen-bond donors (Lipinski definition) is 2. The summed E-state index contributed by atoms with van der Waals surface area (Å²) in [6.45, 7) is -1.03. The molecule has 0 radical (unpaired) electrons. The second-order valence-electron chi connectivity index (χ2n) is 10.3. The lowest BCUT2D eigenvalue weighted by atomic mass is 9.91. The number of Topliss-reactive ketones (excluding diaryl/α,β-unsaturated/α-hetero) is 1. The Morgan fingerprint density at radius 2 is 1.73 bits per heavy atom. The summed E-state index contributed by atoms with van der Waals surface area (Å²) < 4.78 is 99.8. The number of carbonyl (C=O) groups excluding carboxylic acids is 3. The van der Waals surface area contributed by atoms with E-state index in [1.54, 1.807) is 0 Å². The second-order valence-corrected chi connectivity index (χ2v) is 10.3. The van der Waals surface area contributed by atoms with E-state index < -0.39 is 95.3 Å². The molecule has 1 aliphatic carbocycles. The minimum atomic E-state index is -3.74. The van der Waals surface area contributed by atoms with Crippen molar-refractivity contribution in [3.05, 3.63) is 106 Å². The molecule has 4 aromatic rings. The zero-order chi connectivity index (χ0) is 32.6. The summed E-state index contributed by atoms with van der Waals surface area (Å²) in [5, 5.41) is 6.00. The van der Waals surface area contributed by atoms with Crippen molar-refractivity contribution in [1.29, 1.82) is 0 Å². The molecule has 0 saturated carbocycles. The number of fused-ring (bicyclic) bond motifs is 1. The normalized spacial score (nSPS) is 14.7. The van der Waals surface area contributed by atoms with Gasteiger partial charge in [-0.2, -0.15) is 13.9 Å². The van der Waals surface area contributed by atoms with Crippen LogP contribution >= 0.6 is 0 Å². The first-order valence-corrected chi connectivity index (χ1v) is 13.3. The summed E-state index contributed by atoms with van der Waals surface area (Å²) in [5.41, 5.74) is 2.14. The number of rotatable bonds is 9. The van der Waals surface area contributed by atoms with E-state index in [0.29, 0.717) is 10.7 Å². The molecule has 0 bridgehead atoms. The van der Waals surface area contributed by atoms with Crippen molar-refractivity contribution < 1.29 is 45.1 Å². The number of benzene rings is 2. The van der Waals surface area contributed by atoms with Crippen LogP contribution in [0, 0.1) is 17.5 Å². The summed E-state index contributed by atoms with van der Waals surface area (Å²) in [4.78, 5) is 41.7. The van der Waals surface area contributed by atoms with Crippen LogP contribution in [-0.2, 0) is 23.7 Å². The zero-order valence-corrected chi connectivity index (χ0v) is 23.0. The van der Waals surface area contributed by atoms with Crippen LogP contribution in [0.1, 0.15) is 68.7 Å². The van der Waals surface area contributed by atoms with Gasteiger partial charge in [0.05, 0.1) is 22.9 Å². The fourth-order valence-electron chi connectivity index (χ4n) is 5.29. The summed E-state index contributed by atoms with van der Waals surface area (Å²) in [6, 6.07) is 7.73. The average molecular weight is 634 g/mol. The molecule has 1 aliphatic rings. The van der Waals surface area contributed by atoms with Crippen molar-refractivity contribution in [2.45, 2.75) is 44.2 Å². The number of primary amides is 1. The minimum absolute atomic E-state index is 0.0416. The third-order valence-corrected chi connectivity index (χ3v) is 7.18. The molecule has 5 rings (SSSR count). The zero-order valence-electron chi connectivity index (χ0n) is 23.0. The van der Waals surface area contributed by atoms with Crippen molar-refractivity contribution in [3.8, 4) is 11.1 Å². The summed E-state index contributed by atoms with van der Waals surface area (Å²) in [7, 11) is 0. The molecule has 2 aromatic heterocycles. The molecule has 2 aromatic carbocycles. The van der Waals surface area contributed by atoms with Crippen molar-refractivity contribution in [3.63, 3.8) is 0 Å². The van der Waals surface area contributed by atoms with Gasteiger partial charge in [-0.15, -0.1) is 0 Å². The Balaban J connectivity index is 1.56. The smallest absolute Gasteiger partial charge is 0.290 e. The molecule has 1 atom stereocenters. The third kappa shape index (κ3) is 6.42. The van der Waals surface area contributed by atoms with Crippen LogP contribution in [0.2, 0.25) is 0 Å². The number of nitrogens with one attached hydrogen (secondary N) is 1. The number of hydrogen-bond acceptors (Lipinski definition) is 5. The van der Waals surface area contributed by atoms with E-state index in [0.717, 1.165) is 24.3 Å². The molecular formula is C30H22F7N5O3. The van der Waals surface area contributed by atoms with Crippen LogP contribution in [-0.4, -0.2) is 32.4 Å². The van der Waals surface area contributed by atoms with Crippen LogP contribution in [0.4, 0.5) is 30.7 Å². The third-order valence-electron chi connectivity index (χ3n) is 7.18. The van der Waals surface area contributed by atoms with Crippen LogP contribution in [0.15, 0.2) is 54.7 Å². The van der Waals surface area contributed by atoms with E-state index in [1.807, 2.05) is 0 Å². The molecule has 0 aliphatic heterocycles. The standard InChI is InChI=1S/C30H22F7N5O3/c31-16-8-14(9-17(32)12-16)10-21(25-18(2-1-7-39-25)15-3-4-20(33)19(11-15)29(38)45)40-23(44)13-42-27-24(26(41-42)28(34)35)22(43)5-6-30(27,36)37/h1-4,7-9,11-12,21,28H,5-6,10,13H2,(H2,38,45)(H,40,44). The van der Waals surface area contributed by atoms with Gasteiger partial charge in [-0.25, -0.2) is 22.0 Å². The first-order chi connectivity index (χ1) is 21.2. The maximum atomic E-state index is 14.9. The summed E-state index contributed by atoms with van der Waals surface area (Å²) >= 11 is 0.